The smallest absolute Gasteiger partial charge is 0.257 e. The predicted molar refractivity (Wildman–Crippen MR) is 140 cm³/mol. The minimum absolute atomic E-state index is 0.0508. The molecule has 5 rings (SSSR count). The number of nitrogens with zero attached hydrogens (tertiary/aromatic N) is 3. The maximum atomic E-state index is 14.0. The molecule has 2 aromatic carbocycles. The summed E-state index contributed by atoms with van der Waals surface area (Å²) in [6.45, 7) is 4.28. The fourth-order valence-electron chi connectivity index (χ4n) is 5.86. The number of aryl methyl sites for hydroxylation is 1. The predicted octanol–water partition coefficient (Wildman–Crippen LogP) is 3.11. The highest BCUT2D eigenvalue weighted by molar-refractivity contribution is 5.99. The van der Waals surface area contributed by atoms with E-state index in [-0.39, 0.29) is 24.3 Å². The van der Waals surface area contributed by atoms with Crippen LogP contribution in [-0.4, -0.2) is 91.2 Å². The van der Waals surface area contributed by atoms with Crippen LogP contribution in [0.2, 0.25) is 0 Å². The minimum Gasteiger partial charge on any atom is -0.493 e. The monoisotopic (exact) mass is 521 g/mol. The highest BCUT2D eigenvalue weighted by Gasteiger charge is 2.55. The molecule has 3 fully saturated rings. The quantitative estimate of drug-likeness (QED) is 0.601. The third-order valence-electron chi connectivity index (χ3n) is 8.02. The van der Waals surface area contributed by atoms with Gasteiger partial charge in [-0.05, 0) is 49.6 Å². The number of ether oxygens (including phenoxy) is 3. The van der Waals surface area contributed by atoms with Gasteiger partial charge in [-0.25, -0.2) is 0 Å². The molecule has 3 aliphatic rings. The Bertz CT molecular complexity index is 1220. The summed E-state index contributed by atoms with van der Waals surface area (Å²) in [6, 6.07) is 11.9. The average molecular weight is 522 g/mol. The van der Waals surface area contributed by atoms with Crippen molar-refractivity contribution in [2.75, 3.05) is 47.0 Å². The molecule has 9 heteroatoms. The molecule has 0 saturated carbocycles. The maximum Gasteiger partial charge on any atom is 0.257 e. The van der Waals surface area contributed by atoms with E-state index in [9.17, 15) is 14.4 Å². The van der Waals surface area contributed by atoms with Crippen molar-refractivity contribution in [2.24, 2.45) is 0 Å². The molecule has 3 saturated heterocycles. The summed E-state index contributed by atoms with van der Waals surface area (Å²) in [5.74, 6) is 0.674. The third-order valence-corrected chi connectivity index (χ3v) is 8.02. The number of hydrogen-bond acceptors (Lipinski definition) is 6. The van der Waals surface area contributed by atoms with Gasteiger partial charge in [-0.15, -0.1) is 0 Å². The van der Waals surface area contributed by atoms with Crippen molar-refractivity contribution in [1.82, 2.24) is 14.7 Å². The van der Waals surface area contributed by atoms with E-state index in [0.717, 1.165) is 18.4 Å². The van der Waals surface area contributed by atoms with Crippen molar-refractivity contribution in [3.05, 3.63) is 59.2 Å². The Labute approximate surface area is 223 Å². The van der Waals surface area contributed by atoms with Crippen molar-refractivity contribution in [2.45, 2.75) is 44.4 Å². The summed E-state index contributed by atoms with van der Waals surface area (Å²) in [7, 11) is 3.09. The molecule has 1 unspecified atom stereocenters. The van der Waals surface area contributed by atoms with Crippen molar-refractivity contribution in [1.29, 1.82) is 0 Å². The van der Waals surface area contributed by atoms with Gasteiger partial charge in [-0.1, -0.05) is 18.2 Å². The Morgan fingerprint density at radius 3 is 2.21 bits per heavy atom. The summed E-state index contributed by atoms with van der Waals surface area (Å²) < 4.78 is 17.0. The lowest BCUT2D eigenvalue weighted by Gasteiger charge is -2.45. The molecule has 1 spiro atoms. The second-order valence-corrected chi connectivity index (χ2v) is 10.2. The van der Waals surface area contributed by atoms with E-state index in [0.29, 0.717) is 61.6 Å². The number of rotatable bonds is 5. The van der Waals surface area contributed by atoms with E-state index in [1.807, 2.05) is 30.0 Å². The summed E-state index contributed by atoms with van der Waals surface area (Å²) in [5, 5.41) is 0. The Morgan fingerprint density at radius 2 is 1.55 bits per heavy atom. The number of amides is 3. The lowest BCUT2D eigenvalue weighted by molar-refractivity contribution is -0.136. The van der Waals surface area contributed by atoms with E-state index in [1.54, 1.807) is 41.2 Å². The summed E-state index contributed by atoms with van der Waals surface area (Å²) in [4.78, 5) is 46.2. The molecule has 0 aliphatic carbocycles. The molecule has 0 bridgehead atoms. The van der Waals surface area contributed by atoms with E-state index in [2.05, 4.69) is 0 Å². The number of carbonyl (C=O) groups is 3. The van der Waals surface area contributed by atoms with E-state index < -0.39 is 11.8 Å². The molecule has 2 aromatic rings. The first-order chi connectivity index (χ1) is 18.4. The molecule has 202 valence electrons. The summed E-state index contributed by atoms with van der Waals surface area (Å²) in [5.41, 5.74) is 0.989. The molecule has 3 heterocycles. The van der Waals surface area contributed by atoms with Crippen LogP contribution < -0.4 is 9.47 Å². The largest absolute Gasteiger partial charge is 0.493 e. The van der Waals surface area contributed by atoms with Crippen LogP contribution in [0.5, 0.6) is 11.5 Å². The van der Waals surface area contributed by atoms with Gasteiger partial charge in [-0.2, -0.15) is 0 Å². The second kappa shape index (κ2) is 10.6. The van der Waals surface area contributed by atoms with E-state index >= 15 is 0 Å². The van der Waals surface area contributed by atoms with Crippen LogP contribution >= 0.6 is 0 Å². The Hall–Kier alpha value is -3.59. The molecule has 1 atom stereocenters. The molecule has 3 aliphatic heterocycles. The third kappa shape index (κ3) is 4.60. The van der Waals surface area contributed by atoms with Crippen LogP contribution in [0, 0.1) is 6.92 Å². The van der Waals surface area contributed by atoms with E-state index in [4.69, 9.17) is 14.2 Å². The zero-order chi connectivity index (χ0) is 26.9. The topological polar surface area (TPSA) is 88.6 Å². The van der Waals surface area contributed by atoms with Gasteiger partial charge < -0.3 is 24.0 Å². The number of hydrogen-bond donors (Lipinski definition) is 0. The van der Waals surface area contributed by atoms with Crippen LogP contribution in [0.1, 0.15) is 52.0 Å². The van der Waals surface area contributed by atoms with Gasteiger partial charge in [-0.3, -0.25) is 19.3 Å². The van der Waals surface area contributed by atoms with Gasteiger partial charge in [0, 0.05) is 50.1 Å². The Kier molecular flexibility index (Phi) is 7.29. The van der Waals surface area contributed by atoms with Crippen molar-refractivity contribution in [3.63, 3.8) is 0 Å². The Morgan fingerprint density at radius 1 is 0.868 bits per heavy atom. The molecule has 38 heavy (non-hydrogen) atoms. The molecule has 0 radical (unpaired) electrons. The number of likely N-dealkylation sites (tertiary alicyclic amines) is 2. The summed E-state index contributed by atoms with van der Waals surface area (Å²) in [6.07, 6.45) is 2.80. The molecule has 0 aromatic heterocycles. The standard InChI is InChI=1S/C29H35N3O6/c1-20-8-4-5-9-22(20)27(34)32-23(28(35)30-14-6-7-15-30)19-38-29(32)12-16-31(17-13-29)26(33)21-10-11-24(36-2)25(18-21)37-3/h4-5,8-11,18,23H,6-7,12-17,19H2,1-3H3. The lowest BCUT2D eigenvalue weighted by atomic mass is 9.95. The molecular formula is C29H35N3O6. The summed E-state index contributed by atoms with van der Waals surface area (Å²) >= 11 is 0. The average Bonchev–Trinajstić information content (AvgIpc) is 3.61. The number of piperidine rings is 1. The van der Waals surface area contributed by atoms with Crippen molar-refractivity contribution in [3.8, 4) is 11.5 Å². The first-order valence-corrected chi connectivity index (χ1v) is 13.2. The number of benzene rings is 2. The van der Waals surface area contributed by atoms with Gasteiger partial charge >= 0.3 is 0 Å². The lowest BCUT2D eigenvalue weighted by Crippen LogP contribution is -2.60. The number of carbonyl (C=O) groups excluding carboxylic acids is 3. The van der Waals surface area contributed by atoms with Crippen molar-refractivity contribution < 1.29 is 28.6 Å². The normalized spacial score (nSPS) is 20.6. The maximum absolute atomic E-state index is 14.0. The van der Waals surface area contributed by atoms with Gasteiger partial charge in [0.1, 0.15) is 11.8 Å². The SMILES string of the molecule is COc1ccc(C(=O)N2CCC3(CC2)OCC(C(=O)N2CCCC2)N3C(=O)c2ccccc2C)cc1OC. The van der Waals surface area contributed by atoms with E-state index in [1.165, 1.54) is 7.11 Å². The zero-order valence-corrected chi connectivity index (χ0v) is 22.3. The fraction of sp³-hybridized carbons (Fsp3) is 0.483. The van der Waals surface area contributed by atoms with Crippen molar-refractivity contribution >= 4 is 17.7 Å². The van der Waals surface area contributed by atoms with Gasteiger partial charge in [0.2, 0.25) is 5.91 Å². The van der Waals surface area contributed by atoms with Crippen LogP contribution in [0.3, 0.4) is 0 Å². The minimum atomic E-state index is -0.937. The molecule has 3 amide bonds. The van der Waals surface area contributed by atoms with Crippen LogP contribution in [0.4, 0.5) is 0 Å². The zero-order valence-electron chi connectivity index (χ0n) is 22.3. The first-order valence-electron chi connectivity index (χ1n) is 13.2. The van der Waals surface area contributed by atoms with Gasteiger partial charge in [0.25, 0.3) is 11.8 Å². The molecule has 9 nitrogen and oxygen atoms in total. The second-order valence-electron chi connectivity index (χ2n) is 10.2. The highest BCUT2D eigenvalue weighted by Crippen LogP contribution is 2.40. The Balaban J connectivity index is 1.39. The van der Waals surface area contributed by atoms with Crippen LogP contribution in [0.15, 0.2) is 42.5 Å². The van der Waals surface area contributed by atoms with Crippen LogP contribution in [-0.2, 0) is 9.53 Å². The molecular weight excluding hydrogens is 486 g/mol. The first kappa shape index (κ1) is 26.0. The van der Waals surface area contributed by atoms with Gasteiger partial charge in [0.05, 0.1) is 20.8 Å². The highest BCUT2D eigenvalue weighted by atomic mass is 16.5. The molecule has 0 N–H and O–H groups in total. The fourth-order valence-corrected chi connectivity index (χ4v) is 5.86. The van der Waals surface area contributed by atoms with Gasteiger partial charge in [0.15, 0.2) is 11.5 Å². The van der Waals surface area contributed by atoms with Crippen LogP contribution in [0.25, 0.3) is 0 Å². The number of methoxy groups -OCH3 is 2.